The number of para-hydroxylation sites is 1. The zero-order valence-corrected chi connectivity index (χ0v) is 16.9. The summed E-state index contributed by atoms with van der Waals surface area (Å²) in [7, 11) is 0. The SMILES string of the molecule is CCNc1nc(SCC(=O)Nc2ccc3c(c2)OCCCO3)nc2ccccc12. The van der Waals surface area contributed by atoms with Gasteiger partial charge in [0.2, 0.25) is 5.91 Å². The maximum Gasteiger partial charge on any atom is 0.234 e. The lowest BCUT2D eigenvalue weighted by Gasteiger charge is -2.11. The molecule has 3 aromatic rings. The van der Waals surface area contributed by atoms with E-state index >= 15 is 0 Å². The number of carbonyl (C=O) groups excluding carboxylic acids is 1. The Morgan fingerprint density at radius 1 is 1.10 bits per heavy atom. The van der Waals surface area contributed by atoms with Crippen LogP contribution in [0.3, 0.4) is 0 Å². The van der Waals surface area contributed by atoms with Gasteiger partial charge in [-0.05, 0) is 31.2 Å². The largest absolute Gasteiger partial charge is 0.490 e. The number of rotatable bonds is 6. The third-order valence-electron chi connectivity index (χ3n) is 4.29. The molecule has 0 fully saturated rings. The third-order valence-corrected chi connectivity index (χ3v) is 5.14. The number of aromatic nitrogens is 2. The molecule has 2 N–H and O–H groups in total. The van der Waals surface area contributed by atoms with E-state index in [0.717, 1.165) is 29.7 Å². The van der Waals surface area contributed by atoms with E-state index in [9.17, 15) is 4.79 Å². The molecular formula is C21H22N4O3S. The molecule has 1 aromatic heterocycles. The maximum absolute atomic E-state index is 12.4. The van der Waals surface area contributed by atoms with E-state index in [1.807, 2.05) is 43.3 Å². The molecule has 0 spiro atoms. The van der Waals surface area contributed by atoms with Crippen molar-refractivity contribution < 1.29 is 14.3 Å². The van der Waals surface area contributed by atoms with Gasteiger partial charge in [0.1, 0.15) is 5.82 Å². The van der Waals surface area contributed by atoms with Crippen LogP contribution in [-0.4, -0.2) is 41.4 Å². The second-order valence-corrected chi connectivity index (χ2v) is 7.39. The van der Waals surface area contributed by atoms with Gasteiger partial charge in [-0.15, -0.1) is 0 Å². The first kappa shape index (κ1) is 19.3. The summed E-state index contributed by atoms with van der Waals surface area (Å²) in [5.74, 6) is 2.21. The lowest BCUT2D eigenvalue weighted by atomic mass is 10.2. The number of amides is 1. The highest BCUT2D eigenvalue weighted by molar-refractivity contribution is 7.99. The van der Waals surface area contributed by atoms with Gasteiger partial charge in [0.25, 0.3) is 0 Å². The predicted molar refractivity (Wildman–Crippen MR) is 115 cm³/mol. The van der Waals surface area contributed by atoms with Crippen molar-refractivity contribution in [2.45, 2.75) is 18.5 Å². The van der Waals surface area contributed by atoms with Gasteiger partial charge >= 0.3 is 0 Å². The Balaban J connectivity index is 1.43. The van der Waals surface area contributed by atoms with Crippen LogP contribution in [0.15, 0.2) is 47.6 Å². The zero-order valence-electron chi connectivity index (χ0n) is 16.1. The summed E-state index contributed by atoms with van der Waals surface area (Å²) in [6, 6.07) is 13.3. The van der Waals surface area contributed by atoms with E-state index in [4.69, 9.17) is 9.47 Å². The van der Waals surface area contributed by atoms with E-state index in [-0.39, 0.29) is 11.7 Å². The Morgan fingerprint density at radius 3 is 2.79 bits per heavy atom. The molecule has 0 bridgehead atoms. The van der Waals surface area contributed by atoms with Crippen LogP contribution in [0.1, 0.15) is 13.3 Å². The smallest absolute Gasteiger partial charge is 0.234 e. The quantitative estimate of drug-likeness (QED) is 0.470. The van der Waals surface area contributed by atoms with Crippen LogP contribution < -0.4 is 20.1 Å². The summed E-state index contributed by atoms with van der Waals surface area (Å²) in [5.41, 5.74) is 1.52. The molecule has 1 aliphatic heterocycles. The molecule has 0 atom stereocenters. The van der Waals surface area contributed by atoms with Gasteiger partial charge in [-0.3, -0.25) is 4.79 Å². The second-order valence-electron chi connectivity index (χ2n) is 6.45. The second kappa shape index (κ2) is 9.00. The summed E-state index contributed by atoms with van der Waals surface area (Å²) in [6.07, 6.45) is 0.841. The van der Waals surface area contributed by atoms with Crippen LogP contribution in [0.4, 0.5) is 11.5 Å². The fraction of sp³-hybridized carbons (Fsp3) is 0.286. The van der Waals surface area contributed by atoms with Crippen molar-refractivity contribution in [2.75, 3.05) is 36.1 Å². The van der Waals surface area contributed by atoms with E-state index < -0.39 is 0 Å². The lowest BCUT2D eigenvalue weighted by molar-refractivity contribution is -0.113. The monoisotopic (exact) mass is 410 g/mol. The summed E-state index contributed by atoms with van der Waals surface area (Å²) in [4.78, 5) is 21.5. The van der Waals surface area contributed by atoms with E-state index in [1.54, 1.807) is 6.07 Å². The molecule has 29 heavy (non-hydrogen) atoms. The number of fused-ring (bicyclic) bond motifs is 2. The number of benzene rings is 2. The molecule has 0 radical (unpaired) electrons. The number of hydrogen-bond acceptors (Lipinski definition) is 7. The molecule has 0 saturated carbocycles. The van der Waals surface area contributed by atoms with Gasteiger partial charge in [0, 0.05) is 30.1 Å². The molecule has 4 rings (SSSR count). The summed E-state index contributed by atoms with van der Waals surface area (Å²) < 4.78 is 11.3. The topological polar surface area (TPSA) is 85.4 Å². The van der Waals surface area contributed by atoms with Crippen molar-refractivity contribution in [1.29, 1.82) is 0 Å². The standard InChI is InChI=1S/C21H22N4O3S/c1-2-22-20-15-6-3-4-7-16(15)24-21(25-20)29-13-19(26)23-14-8-9-17-18(12-14)28-11-5-10-27-17/h3-4,6-9,12H,2,5,10-11,13H2,1H3,(H,23,26)(H,22,24,25). The number of ether oxygens (including phenoxy) is 2. The normalized spacial score (nSPS) is 13.0. The van der Waals surface area contributed by atoms with E-state index in [0.29, 0.717) is 35.6 Å². The molecule has 150 valence electrons. The molecule has 1 amide bonds. The van der Waals surface area contributed by atoms with Gasteiger partial charge in [-0.25, -0.2) is 9.97 Å². The van der Waals surface area contributed by atoms with Gasteiger partial charge < -0.3 is 20.1 Å². The molecular weight excluding hydrogens is 388 g/mol. The number of hydrogen-bond donors (Lipinski definition) is 2. The van der Waals surface area contributed by atoms with Crippen molar-refractivity contribution in [1.82, 2.24) is 9.97 Å². The van der Waals surface area contributed by atoms with Crippen LogP contribution in [0, 0.1) is 0 Å². The Kier molecular flexibility index (Phi) is 6.00. The minimum absolute atomic E-state index is 0.133. The maximum atomic E-state index is 12.4. The van der Waals surface area contributed by atoms with Crippen molar-refractivity contribution >= 4 is 40.1 Å². The molecule has 8 heteroatoms. The first-order valence-electron chi connectivity index (χ1n) is 9.56. The Morgan fingerprint density at radius 2 is 1.93 bits per heavy atom. The van der Waals surface area contributed by atoms with Crippen LogP contribution in [-0.2, 0) is 4.79 Å². The number of nitrogens with one attached hydrogen (secondary N) is 2. The number of thioether (sulfide) groups is 1. The minimum atomic E-state index is -0.133. The molecule has 2 heterocycles. The van der Waals surface area contributed by atoms with E-state index in [1.165, 1.54) is 11.8 Å². The summed E-state index contributed by atoms with van der Waals surface area (Å²) in [6.45, 7) is 4.02. The van der Waals surface area contributed by atoms with Gasteiger partial charge in [0.05, 0.1) is 24.5 Å². The summed E-state index contributed by atoms with van der Waals surface area (Å²) >= 11 is 1.30. The fourth-order valence-electron chi connectivity index (χ4n) is 2.99. The van der Waals surface area contributed by atoms with Crippen molar-refractivity contribution in [3.8, 4) is 11.5 Å². The van der Waals surface area contributed by atoms with E-state index in [2.05, 4.69) is 20.6 Å². The first-order chi connectivity index (χ1) is 14.2. The Labute approximate surface area is 173 Å². The average molecular weight is 410 g/mol. The lowest BCUT2D eigenvalue weighted by Crippen LogP contribution is -2.14. The van der Waals surface area contributed by atoms with Crippen LogP contribution >= 0.6 is 11.8 Å². The fourth-order valence-corrected chi connectivity index (χ4v) is 3.64. The number of nitrogens with zero attached hydrogens (tertiary/aromatic N) is 2. The number of anilines is 2. The van der Waals surface area contributed by atoms with Crippen molar-refractivity contribution in [3.63, 3.8) is 0 Å². The minimum Gasteiger partial charge on any atom is -0.490 e. The molecule has 0 aliphatic carbocycles. The third kappa shape index (κ3) is 4.71. The van der Waals surface area contributed by atoms with Crippen LogP contribution in [0.25, 0.3) is 10.9 Å². The summed E-state index contributed by atoms with van der Waals surface area (Å²) in [5, 5.41) is 7.69. The molecule has 2 aromatic carbocycles. The molecule has 1 aliphatic rings. The highest BCUT2D eigenvalue weighted by atomic mass is 32.2. The van der Waals surface area contributed by atoms with Crippen LogP contribution in [0.5, 0.6) is 11.5 Å². The first-order valence-corrected chi connectivity index (χ1v) is 10.5. The van der Waals surface area contributed by atoms with Gasteiger partial charge in [-0.2, -0.15) is 0 Å². The van der Waals surface area contributed by atoms with Crippen molar-refractivity contribution in [3.05, 3.63) is 42.5 Å². The number of carbonyl (C=O) groups is 1. The Hall–Kier alpha value is -3.00. The molecule has 0 saturated heterocycles. The highest BCUT2D eigenvalue weighted by Gasteiger charge is 2.13. The molecule has 0 unspecified atom stereocenters. The van der Waals surface area contributed by atoms with Gasteiger partial charge in [0.15, 0.2) is 16.7 Å². The predicted octanol–water partition coefficient (Wildman–Crippen LogP) is 3.95. The zero-order chi connectivity index (χ0) is 20.1. The average Bonchev–Trinajstić information content (AvgIpc) is 2.97. The van der Waals surface area contributed by atoms with Crippen molar-refractivity contribution in [2.24, 2.45) is 0 Å². The molecule has 7 nitrogen and oxygen atoms in total. The van der Waals surface area contributed by atoms with Crippen LogP contribution in [0.2, 0.25) is 0 Å². The van der Waals surface area contributed by atoms with Gasteiger partial charge in [-0.1, -0.05) is 23.9 Å². The highest BCUT2D eigenvalue weighted by Crippen LogP contribution is 2.32. The Bertz CT molecular complexity index is 1030.